The summed E-state index contributed by atoms with van der Waals surface area (Å²) in [5, 5.41) is 3.24. The van der Waals surface area contributed by atoms with Crippen molar-refractivity contribution in [3.8, 4) is 0 Å². The van der Waals surface area contributed by atoms with Gasteiger partial charge in [-0.1, -0.05) is 6.07 Å². The molecule has 1 fully saturated rings. The molecule has 9 heteroatoms. The van der Waals surface area contributed by atoms with Crippen LogP contribution in [0.3, 0.4) is 0 Å². The van der Waals surface area contributed by atoms with Crippen molar-refractivity contribution < 1.29 is 13.2 Å². The molecule has 1 aliphatic heterocycles. The van der Waals surface area contributed by atoms with Crippen molar-refractivity contribution in [2.75, 3.05) is 33.2 Å². The van der Waals surface area contributed by atoms with Gasteiger partial charge in [-0.25, -0.2) is 0 Å². The number of aromatic nitrogens is 1. The fourth-order valence-electron chi connectivity index (χ4n) is 2.73. The first-order valence-corrected chi connectivity index (χ1v) is 7.99. The highest BCUT2D eigenvalue weighted by Gasteiger charge is 2.41. The molecule has 0 spiro atoms. The maximum Gasteiger partial charge on any atom is 0.403 e. The SMILES string of the molecule is CN=C(NCc1ncccc1C)N1CCN(C(C)C(F)(F)F)CC1.I. The Morgan fingerprint density at radius 2 is 1.96 bits per heavy atom. The van der Waals surface area contributed by atoms with Gasteiger partial charge < -0.3 is 10.2 Å². The molecule has 142 valence electrons. The summed E-state index contributed by atoms with van der Waals surface area (Å²) in [7, 11) is 1.68. The van der Waals surface area contributed by atoms with Crippen LogP contribution in [0.5, 0.6) is 0 Å². The molecule has 0 saturated carbocycles. The monoisotopic (exact) mass is 471 g/mol. The summed E-state index contributed by atoms with van der Waals surface area (Å²) >= 11 is 0. The number of pyridine rings is 1. The molecule has 0 bridgehead atoms. The Morgan fingerprint density at radius 3 is 2.48 bits per heavy atom. The van der Waals surface area contributed by atoms with Gasteiger partial charge in [0.15, 0.2) is 5.96 Å². The first-order valence-electron chi connectivity index (χ1n) is 7.99. The van der Waals surface area contributed by atoms with Crippen LogP contribution in [0.4, 0.5) is 13.2 Å². The minimum atomic E-state index is -4.18. The van der Waals surface area contributed by atoms with Crippen molar-refractivity contribution in [2.45, 2.75) is 32.6 Å². The van der Waals surface area contributed by atoms with E-state index < -0.39 is 12.2 Å². The number of hydrogen-bond acceptors (Lipinski definition) is 3. The summed E-state index contributed by atoms with van der Waals surface area (Å²) in [6.45, 7) is 5.51. The number of hydrogen-bond donors (Lipinski definition) is 1. The second-order valence-electron chi connectivity index (χ2n) is 5.91. The van der Waals surface area contributed by atoms with E-state index in [4.69, 9.17) is 0 Å². The minimum absolute atomic E-state index is 0. The first kappa shape index (κ1) is 21.9. The first-order chi connectivity index (χ1) is 11.3. The molecule has 0 amide bonds. The van der Waals surface area contributed by atoms with Gasteiger partial charge in [0.25, 0.3) is 0 Å². The fourth-order valence-corrected chi connectivity index (χ4v) is 2.73. The van der Waals surface area contributed by atoms with E-state index in [0.717, 1.165) is 11.3 Å². The van der Waals surface area contributed by atoms with E-state index >= 15 is 0 Å². The Morgan fingerprint density at radius 1 is 1.32 bits per heavy atom. The molecule has 1 N–H and O–H groups in total. The number of guanidine groups is 1. The van der Waals surface area contributed by atoms with Gasteiger partial charge in [-0.05, 0) is 25.5 Å². The molecule has 5 nitrogen and oxygen atoms in total. The van der Waals surface area contributed by atoms with E-state index in [-0.39, 0.29) is 24.0 Å². The number of aliphatic imine (C=N–C) groups is 1. The molecule has 0 aromatic carbocycles. The number of halogens is 4. The van der Waals surface area contributed by atoms with Crippen LogP contribution in [-0.4, -0.2) is 66.2 Å². The van der Waals surface area contributed by atoms with Gasteiger partial charge in [0.2, 0.25) is 0 Å². The van der Waals surface area contributed by atoms with E-state index in [1.807, 2.05) is 24.0 Å². The van der Waals surface area contributed by atoms with Gasteiger partial charge in [-0.2, -0.15) is 13.2 Å². The van der Waals surface area contributed by atoms with E-state index in [9.17, 15) is 13.2 Å². The molecule has 2 rings (SSSR count). The Hall–Kier alpha value is -1.10. The lowest BCUT2D eigenvalue weighted by atomic mass is 10.2. The largest absolute Gasteiger partial charge is 0.403 e. The molecular formula is C16H25F3IN5. The van der Waals surface area contributed by atoms with Crippen molar-refractivity contribution in [1.82, 2.24) is 20.1 Å². The minimum Gasteiger partial charge on any atom is -0.351 e. The van der Waals surface area contributed by atoms with Crippen molar-refractivity contribution in [1.29, 1.82) is 0 Å². The average molecular weight is 471 g/mol. The third-order valence-electron chi connectivity index (χ3n) is 4.38. The number of rotatable bonds is 3. The van der Waals surface area contributed by atoms with Crippen LogP contribution in [0.1, 0.15) is 18.2 Å². The van der Waals surface area contributed by atoms with Crippen molar-refractivity contribution >= 4 is 29.9 Å². The summed E-state index contributed by atoms with van der Waals surface area (Å²) in [6, 6.07) is 2.46. The summed E-state index contributed by atoms with van der Waals surface area (Å²) < 4.78 is 38.4. The van der Waals surface area contributed by atoms with E-state index in [2.05, 4.69) is 15.3 Å². The summed E-state index contributed by atoms with van der Waals surface area (Å²) in [5.74, 6) is 0.694. The zero-order chi connectivity index (χ0) is 17.7. The van der Waals surface area contributed by atoms with Crippen molar-refractivity contribution in [3.63, 3.8) is 0 Å². The van der Waals surface area contributed by atoms with Gasteiger partial charge in [0, 0.05) is 39.4 Å². The topological polar surface area (TPSA) is 43.8 Å². The lowest BCUT2D eigenvalue weighted by Gasteiger charge is -2.39. The highest BCUT2D eigenvalue weighted by atomic mass is 127. The average Bonchev–Trinajstić information content (AvgIpc) is 2.56. The zero-order valence-electron chi connectivity index (χ0n) is 14.7. The molecular weight excluding hydrogens is 446 g/mol. The maximum atomic E-state index is 12.8. The fraction of sp³-hybridized carbons (Fsp3) is 0.625. The van der Waals surface area contributed by atoms with Crippen LogP contribution in [0, 0.1) is 6.92 Å². The highest BCUT2D eigenvalue weighted by Crippen LogP contribution is 2.25. The lowest BCUT2D eigenvalue weighted by Crippen LogP contribution is -2.56. The number of piperazine rings is 1. The Bertz CT molecular complexity index is 571. The lowest BCUT2D eigenvalue weighted by molar-refractivity contribution is -0.181. The quantitative estimate of drug-likeness (QED) is 0.419. The third-order valence-corrected chi connectivity index (χ3v) is 4.38. The molecule has 0 aliphatic carbocycles. The Labute approximate surface area is 163 Å². The van der Waals surface area contributed by atoms with E-state index in [1.165, 1.54) is 11.8 Å². The van der Waals surface area contributed by atoms with Crippen molar-refractivity contribution in [3.05, 3.63) is 29.6 Å². The number of aryl methyl sites for hydroxylation is 1. The highest BCUT2D eigenvalue weighted by molar-refractivity contribution is 14.0. The third kappa shape index (κ3) is 5.98. The normalized spacial score (nSPS) is 17.8. The molecule has 25 heavy (non-hydrogen) atoms. The van der Waals surface area contributed by atoms with Gasteiger partial charge in [0.1, 0.15) is 6.04 Å². The molecule has 1 atom stereocenters. The van der Waals surface area contributed by atoms with Crippen molar-refractivity contribution in [2.24, 2.45) is 4.99 Å². The number of nitrogens with one attached hydrogen (secondary N) is 1. The van der Waals surface area contributed by atoms with Crippen LogP contribution in [0.15, 0.2) is 23.3 Å². The zero-order valence-corrected chi connectivity index (χ0v) is 17.0. The Kier molecular flexibility index (Phi) is 8.39. The molecule has 1 aliphatic rings. The van der Waals surface area contributed by atoms with Gasteiger partial charge in [-0.15, -0.1) is 24.0 Å². The molecule has 0 radical (unpaired) electrons. The number of nitrogens with zero attached hydrogens (tertiary/aromatic N) is 4. The van der Waals surface area contributed by atoms with E-state index in [1.54, 1.807) is 13.2 Å². The van der Waals surface area contributed by atoms with Crippen LogP contribution in [0.2, 0.25) is 0 Å². The summed E-state index contributed by atoms with van der Waals surface area (Å²) in [5.41, 5.74) is 2.02. The molecule has 1 aromatic rings. The number of alkyl halides is 3. The predicted octanol–water partition coefficient (Wildman–Crippen LogP) is 2.65. The summed E-state index contributed by atoms with van der Waals surface area (Å²) in [4.78, 5) is 12.0. The van der Waals surface area contributed by atoms with Crippen LogP contribution < -0.4 is 5.32 Å². The van der Waals surface area contributed by atoms with Gasteiger partial charge in [-0.3, -0.25) is 14.9 Å². The smallest absolute Gasteiger partial charge is 0.351 e. The molecule has 2 heterocycles. The Balaban J connectivity index is 0.00000312. The predicted molar refractivity (Wildman–Crippen MR) is 103 cm³/mol. The second kappa shape index (κ2) is 9.56. The van der Waals surface area contributed by atoms with Gasteiger partial charge in [0.05, 0.1) is 12.2 Å². The maximum absolute atomic E-state index is 12.8. The second-order valence-corrected chi connectivity index (χ2v) is 5.91. The van der Waals surface area contributed by atoms with Crippen LogP contribution in [-0.2, 0) is 6.54 Å². The molecule has 1 unspecified atom stereocenters. The summed E-state index contributed by atoms with van der Waals surface area (Å²) in [6.07, 6.45) is -2.44. The van der Waals surface area contributed by atoms with Gasteiger partial charge >= 0.3 is 6.18 Å². The van der Waals surface area contributed by atoms with E-state index in [0.29, 0.717) is 38.7 Å². The standard InChI is InChI=1S/C16H24F3N5.HI/c1-12-5-4-6-21-14(12)11-22-15(20-3)24-9-7-23(8-10-24)13(2)16(17,18)19;/h4-6,13H,7-11H2,1-3H3,(H,20,22);1H. The van der Waals surface area contributed by atoms with Crippen LogP contribution >= 0.6 is 24.0 Å². The molecule has 1 saturated heterocycles. The van der Waals surface area contributed by atoms with Crippen LogP contribution in [0.25, 0.3) is 0 Å². The molecule has 1 aromatic heterocycles.